The zero-order valence-corrected chi connectivity index (χ0v) is 7.89. The van der Waals surface area contributed by atoms with Crippen molar-refractivity contribution in [3.05, 3.63) is 0 Å². The lowest BCUT2D eigenvalue weighted by atomic mass is 10.1. The molecule has 3 nitrogen and oxygen atoms in total. The summed E-state index contributed by atoms with van der Waals surface area (Å²) in [4.78, 5) is 11.2. The van der Waals surface area contributed by atoms with Gasteiger partial charge in [-0.05, 0) is 13.3 Å². The van der Waals surface area contributed by atoms with Gasteiger partial charge in [-0.1, -0.05) is 19.8 Å². The van der Waals surface area contributed by atoms with Gasteiger partial charge in [-0.3, -0.25) is 4.79 Å². The zero-order valence-electron chi connectivity index (χ0n) is 7.89. The Balaban J connectivity index is 2.25. The Kier molecular flexibility index (Phi) is 3.53. The highest BCUT2D eigenvalue weighted by atomic mass is 16.2. The highest BCUT2D eigenvalue weighted by Gasteiger charge is 2.22. The van der Waals surface area contributed by atoms with Crippen molar-refractivity contribution in [2.75, 3.05) is 6.54 Å². The number of hydrogen-bond donors (Lipinski definition) is 2. The van der Waals surface area contributed by atoms with Gasteiger partial charge < -0.3 is 10.6 Å². The fraction of sp³-hybridized carbons (Fsp3) is 0.889. The van der Waals surface area contributed by atoms with Crippen LogP contribution in [0.1, 0.15) is 33.1 Å². The van der Waals surface area contributed by atoms with Crippen LogP contribution in [0.15, 0.2) is 0 Å². The highest BCUT2D eigenvalue weighted by molar-refractivity contribution is 5.82. The third kappa shape index (κ3) is 2.48. The maximum Gasteiger partial charge on any atom is 0.237 e. The van der Waals surface area contributed by atoms with E-state index in [1.165, 1.54) is 12.8 Å². The molecule has 1 fully saturated rings. The van der Waals surface area contributed by atoms with Crippen molar-refractivity contribution in [2.45, 2.75) is 45.2 Å². The quantitative estimate of drug-likeness (QED) is 0.653. The Hall–Kier alpha value is -0.570. The average Bonchev–Trinajstić information content (AvgIpc) is 2.07. The van der Waals surface area contributed by atoms with Gasteiger partial charge in [0.15, 0.2) is 0 Å². The molecule has 0 aliphatic carbocycles. The number of carbonyl (C=O) groups is 1. The maximum atomic E-state index is 11.2. The van der Waals surface area contributed by atoms with Crippen LogP contribution in [0, 0.1) is 0 Å². The molecule has 2 atom stereocenters. The van der Waals surface area contributed by atoms with Gasteiger partial charge in [0.1, 0.15) is 0 Å². The van der Waals surface area contributed by atoms with E-state index in [9.17, 15) is 4.79 Å². The molecule has 0 spiro atoms. The number of carbonyl (C=O) groups excluding carboxylic acids is 1. The topological polar surface area (TPSA) is 41.1 Å². The van der Waals surface area contributed by atoms with Crippen LogP contribution >= 0.6 is 0 Å². The molecule has 3 heteroatoms. The molecule has 70 valence electrons. The number of amides is 1. The largest absolute Gasteiger partial charge is 0.351 e. The van der Waals surface area contributed by atoms with Crippen molar-refractivity contribution in [1.82, 2.24) is 10.6 Å². The van der Waals surface area contributed by atoms with Gasteiger partial charge in [-0.15, -0.1) is 0 Å². The molecular weight excluding hydrogens is 152 g/mol. The van der Waals surface area contributed by atoms with E-state index in [4.69, 9.17) is 0 Å². The minimum absolute atomic E-state index is 0.0112. The summed E-state index contributed by atoms with van der Waals surface area (Å²) >= 11 is 0. The molecule has 1 saturated heterocycles. The van der Waals surface area contributed by atoms with E-state index < -0.39 is 0 Å². The summed E-state index contributed by atoms with van der Waals surface area (Å²) < 4.78 is 0. The van der Waals surface area contributed by atoms with Crippen molar-refractivity contribution >= 4 is 5.91 Å². The van der Waals surface area contributed by atoms with Gasteiger partial charge >= 0.3 is 0 Å². The Bertz CT molecular complexity index is 157. The fourth-order valence-corrected chi connectivity index (χ4v) is 1.41. The Labute approximate surface area is 73.9 Å². The van der Waals surface area contributed by atoms with E-state index in [2.05, 4.69) is 17.6 Å². The molecule has 1 aliphatic rings. The van der Waals surface area contributed by atoms with E-state index in [1.54, 1.807) is 0 Å². The van der Waals surface area contributed by atoms with E-state index in [-0.39, 0.29) is 11.9 Å². The van der Waals surface area contributed by atoms with Crippen molar-refractivity contribution in [1.29, 1.82) is 0 Å². The second kappa shape index (κ2) is 4.45. The summed E-state index contributed by atoms with van der Waals surface area (Å²) in [7, 11) is 0. The third-order valence-electron chi connectivity index (χ3n) is 2.32. The summed E-state index contributed by atoms with van der Waals surface area (Å²) in [6, 6.07) is 0.344. The van der Waals surface area contributed by atoms with Crippen molar-refractivity contribution in [3.8, 4) is 0 Å². The SMILES string of the molecule is CCCCC1CNC(C)C(=O)N1. The normalized spacial score (nSPS) is 30.0. The van der Waals surface area contributed by atoms with Crippen LogP contribution in [0.2, 0.25) is 0 Å². The first-order valence-corrected chi connectivity index (χ1v) is 4.77. The molecule has 0 bridgehead atoms. The van der Waals surface area contributed by atoms with Gasteiger partial charge in [0.05, 0.1) is 6.04 Å². The lowest BCUT2D eigenvalue weighted by Crippen LogP contribution is -2.56. The van der Waals surface area contributed by atoms with Crippen molar-refractivity contribution in [2.24, 2.45) is 0 Å². The molecule has 0 aromatic carbocycles. The summed E-state index contributed by atoms with van der Waals surface area (Å²) in [5.41, 5.74) is 0. The molecule has 12 heavy (non-hydrogen) atoms. The number of rotatable bonds is 3. The van der Waals surface area contributed by atoms with Crippen LogP contribution in [0.3, 0.4) is 0 Å². The van der Waals surface area contributed by atoms with E-state index in [1.807, 2.05) is 6.92 Å². The van der Waals surface area contributed by atoms with Crippen molar-refractivity contribution in [3.63, 3.8) is 0 Å². The third-order valence-corrected chi connectivity index (χ3v) is 2.32. The van der Waals surface area contributed by atoms with Crippen molar-refractivity contribution < 1.29 is 4.79 Å². The molecule has 0 saturated carbocycles. The van der Waals surface area contributed by atoms with Crippen LogP contribution in [-0.2, 0) is 4.79 Å². The first-order chi connectivity index (χ1) is 5.74. The minimum atomic E-state index is -0.0112. The van der Waals surface area contributed by atoms with Gasteiger partial charge in [0, 0.05) is 12.6 Å². The Morgan fingerprint density at radius 1 is 1.58 bits per heavy atom. The predicted octanol–water partition coefficient (Wildman–Crippen LogP) is 0.653. The Morgan fingerprint density at radius 3 is 2.92 bits per heavy atom. The summed E-state index contributed by atoms with van der Waals surface area (Å²) in [5.74, 6) is 0.141. The van der Waals surface area contributed by atoms with E-state index in [0.717, 1.165) is 13.0 Å². The monoisotopic (exact) mass is 170 g/mol. The summed E-state index contributed by atoms with van der Waals surface area (Å²) in [6.07, 6.45) is 3.49. The molecule has 2 unspecified atom stereocenters. The van der Waals surface area contributed by atoms with Crippen LogP contribution in [0.25, 0.3) is 0 Å². The van der Waals surface area contributed by atoms with Gasteiger partial charge in [-0.2, -0.15) is 0 Å². The van der Waals surface area contributed by atoms with Crippen LogP contribution < -0.4 is 10.6 Å². The first-order valence-electron chi connectivity index (χ1n) is 4.77. The number of nitrogens with one attached hydrogen (secondary N) is 2. The highest BCUT2D eigenvalue weighted by Crippen LogP contribution is 2.03. The molecule has 0 aromatic rings. The molecule has 1 aliphatic heterocycles. The van der Waals surface area contributed by atoms with E-state index in [0.29, 0.717) is 6.04 Å². The van der Waals surface area contributed by atoms with Crippen LogP contribution in [0.4, 0.5) is 0 Å². The maximum absolute atomic E-state index is 11.2. The first kappa shape index (κ1) is 9.52. The molecule has 2 N–H and O–H groups in total. The molecule has 1 rings (SSSR count). The number of piperazine rings is 1. The summed E-state index contributed by atoms with van der Waals surface area (Å²) in [6.45, 7) is 4.99. The summed E-state index contributed by atoms with van der Waals surface area (Å²) in [5, 5.41) is 6.18. The smallest absolute Gasteiger partial charge is 0.237 e. The molecule has 0 radical (unpaired) electrons. The average molecular weight is 170 g/mol. The number of unbranched alkanes of at least 4 members (excludes halogenated alkanes) is 1. The van der Waals surface area contributed by atoms with Gasteiger partial charge in [-0.25, -0.2) is 0 Å². The van der Waals surface area contributed by atoms with Gasteiger partial charge in [0.25, 0.3) is 0 Å². The molecule has 0 aromatic heterocycles. The van der Waals surface area contributed by atoms with E-state index >= 15 is 0 Å². The predicted molar refractivity (Wildman–Crippen MR) is 48.9 cm³/mol. The van der Waals surface area contributed by atoms with Crippen LogP contribution in [0.5, 0.6) is 0 Å². The standard InChI is InChI=1S/C9H18N2O/c1-3-4-5-8-6-10-7(2)9(12)11-8/h7-8,10H,3-6H2,1-2H3,(H,11,12). The molecule has 1 heterocycles. The molecular formula is C9H18N2O. The second-order valence-electron chi connectivity index (χ2n) is 3.48. The fourth-order valence-electron chi connectivity index (χ4n) is 1.41. The Morgan fingerprint density at radius 2 is 2.33 bits per heavy atom. The van der Waals surface area contributed by atoms with Crippen LogP contribution in [-0.4, -0.2) is 24.5 Å². The second-order valence-corrected chi connectivity index (χ2v) is 3.48. The zero-order chi connectivity index (χ0) is 8.97. The number of hydrogen-bond acceptors (Lipinski definition) is 2. The lowest BCUT2D eigenvalue weighted by molar-refractivity contribution is -0.125. The van der Waals surface area contributed by atoms with Gasteiger partial charge in [0.2, 0.25) is 5.91 Å². The lowest BCUT2D eigenvalue weighted by Gasteiger charge is -2.28. The minimum Gasteiger partial charge on any atom is -0.351 e. The molecule has 1 amide bonds.